The molecule has 0 aliphatic carbocycles. The summed E-state index contributed by atoms with van der Waals surface area (Å²) in [4.78, 5) is 11.2. The average molecular weight is 370 g/mol. The van der Waals surface area contributed by atoms with Crippen molar-refractivity contribution in [1.82, 2.24) is 0 Å². The molecule has 0 radical (unpaired) electrons. The third kappa shape index (κ3) is 5.13. The van der Waals surface area contributed by atoms with Crippen LogP contribution in [0.1, 0.15) is 13.8 Å². The Morgan fingerprint density at radius 1 is 1.17 bits per heavy atom. The maximum Gasteiger partial charge on any atom is 0.169 e. The van der Waals surface area contributed by atoms with E-state index in [0.29, 0.717) is 15.8 Å². The van der Waals surface area contributed by atoms with Gasteiger partial charge >= 0.3 is 0 Å². The molecule has 0 aliphatic rings. The molecule has 0 saturated heterocycles. The molecule has 2 aromatic rings. The summed E-state index contributed by atoms with van der Waals surface area (Å²) < 4.78 is 5.55. The minimum atomic E-state index is -0.459. The quantitative estimate of drug-likeness (QED) is 0.803. The molecule has 2 rings (SSSR count). The predicted octanol–water partition coefficient (Wildman–Crippen LogP) is 4.67. The second-order valence-corrected chi connectivity index (χ2v) is 5.80. The third-order valence-corrected chi connectivity index (χ3v) is 3.87. The Kier molecular flexibility index (Phi) is 8.05. The van der Waals surface area contributed by atoms with E-state index in [1.54, 1.807) is 13.0 Å². The molecule has 0 amide bonds. The van der Waals surface area contributed by atoms with Gasteiger partial charge in [0.05, 0.1) is 10.7 Å². The van der Waals surface area contributed by atoms with Gasteiger partial charge in [-0.05, 0) is 43.7 Å². The monoisotopic (exact) mass is 369 g/mol. The van der Waals surface area contributed by atoms with Gasteiger partial charge < -0.3 is 15.2 Å². The Bertz CT molecular complexity index is 687. The lowest BCUT2D eigenvalue weighted by Crippen LogP contribution is -2.20. The highest BCUT2D eigenvalue weighted by Crippen LogP contribution is 2.37. The van der Waals surface area contributed by atoms with Crippen molar-refractivity contribution in [2.45, 2.75) is 20.0 Å². The summed E-state index contributed by atoms with van der Waals surface area (Å²) in [7, 11) is 2.81. The Morgan fingerprint density at radius 2 is 1.75 bits per heavy atom. The molecule has 24 heavy (non-hydrogen) atoms. The molecule has 0 spiro atoms. The minimum absolute atomic E-state index is 0.0110. The van der Waals surface area contributed by atoms with E-state index in [-0.39, 0.29) is 5.78 Å². The molecule has 130 valence electrons. The molecular formula is C18H21Cl2NO3. The van der Waals surface area contributed by atoms with Crippen LogP contribution in [0, 0.1) is 0 Å². The van der Waals surface area contributed by atoms with Crippen LogP contribution in [0.5, 0.6) is 5.75 Å². The van der Waals surface area contributed by atoms with Gasteiger partial charge in [-0.2, -0.15) is 0 Å². The molecule has 0 bridgehead atoms. The SMILES string of the molecule is CNc1c(Cl)cc(Cl)cc1-c1ccc(OC(C)C(C)=O)cc1.CO. The number of aliphatic hydroxyl groups is 1. The molecule has 2 N–H and O–H groups in total. The highest BCUT2D eigenvalue weighted by molar-refractivity contribution is 6.37. The van der Waals surface area contributed by atoms with Crippen LogP contribution in [-0.4, -0.2) is 31.2 Å². The summed E-state index contributed by atoms with van der Waals surface area (Å²) in [5, 5.41) is 11.2. The van der Waals surface area contributed by atoms with Crippen LogP contribution in [0.3, 0.4) is 0 Å². The number of hydrogen-bond acceptors (Lipinski definition) is 4. The Morgan fingerprint density at radius 3 is 2.25 bits per heavy atom. The van der Waals surface area contributed by atoms with Crippen LogP contribution in [-0.2, 0) is 4.79 Å². The van der Waals surface area contributed by atoms with Crippen LogP contribution < -0.4 is 10.1 Å². The van der Waals surface area contributed by atoms with Gasteiger partial charge in [-0.15, -0.1) is 0 Å². The molecule has 0 aromatic heterocycles. The topological polar surface area (TPSA) is 58.6 Å². The zero-order chi connectivity index (χ0) is 18.3. The number of anilines is 1. The largest absolute Gasteiger partial charge is 0.483 e. The van der Waals surface area contributed by atoms with Crippen molar-refractivity contribution in [1.29, 1.82) is 0 Å². The minimum Gasteiger partial charge on any atom is -0.483 e. The van der Waals surface area contributed by atoms with Gasteiger partial charge in [0.15, 0.2) is 11.9 Å². The number of benzene rings is 2. The van der Waals surface area contributed by atoms with E-state index in [1.807, 2.05) is 37.4 Å². The third-order valence-electron chi connectivity index (χ3n) is 3.36. The van der Waals surface area contributed by atoms with Gasteiger partial charge in [0.25, 0.3) is 0 Å². The first-order chi connectivity index (χ1) is 11.4. The van der Waals surface area contributed by atoms with Crippen molar-refractivity contribution in [3.8, 4) is 16.9 Å². The predicted molar refractivity (Wildman–Crippen MR) is 100 cm³/mol. The fourth-order valence-electron chi connectivity index (χ4n) is 2.06. The van der Waals surface area contributed by atoms with Crippen LogP contribution in [0.4, 0.5) is 5.69 Å². The van der Waals surface area contributed by atoms with E-state index >= 15 is 0 Å². The lowest BCUT2D eigenvalue weighted by molar-refractivity contribution is -0.122. The van der Waals surface area contributed by atoms with Gasteiger partial charge in [-0.3, -0.25) is 4.79 Å². The summed E-state index contributed by atoms with van der Waals surface area (Å²) in [5.41, 5.74) is 2.68. The Hall–Kier alpha value is -1.75. The summed E-state index contributed by atoms with van der Waals surface area (Å²) in [5.74, 6) is 0.633. The highest BCUT2D eigenvalue weighted by Gasteiger charge is 2.12. The molecule has 0 fully saturated rings. The molecule has 2 aromatic carbocycles. The first-order valence-electron chi connectivity index (χ1n) is 7.31. The zero-order valence-corrected chi connectivity index (χ0v) is 15.6. The Labute approximate surface area is 152 Å². The van der Waals surface area contributed by atoms with Crippen molar-refractivity contribution >= 4 is 34.7 Å². The second kappa shape index (κ2) is 9.52. The summed E-state index contributed by atoms with van der Waals surface area (Å²) in [6.07, 6.45) is -0.459. The lowest BCUT2D eigenvalue weighted by atomic mass is 10.0. The number of halogens is 2. The van der Waals surface area contributed by atoms with Crippen molar-refractivity contribution in [3.63, 3.8) is 0 Å². The van der Waals surface area contributed by atoms with E-state index in [4.69, 9.17) is 33.0 Å². The van der Waals surface area contributed by atoms with E-state index in [0.717, 1.165) is 23.9 Å². The van der Waals surface area contributed by atoms with E-state index in [1.165, 1.54) is 6.92 Å². The molecular weight excluding hydrogens is 349 g/mol. The smallest absolute Gasteiger partial charge is 0.169 e. The van der Waals surface area contributed by atoms with Crippen LogP contribution in [0.15, 0.2) is 36.4 Å². The van der Waals surface area contributed by atoms with Gasteiger partial charge in [0.2, 0.25) is 0 Å². The maximum absolute atomic E-state index is 11.2. The number of hydrogen-bond donors (Lipinski definition) is 2. The lowest BCUT2D eigenvalue weighted by Gasteiger charge is -2.14. The summed E-state index contributed by atoms with van der Waals surface area (Å²) in [6.45, 7) is 3.23. The number of Topliss-reactive ketones (excluding diaryl/α,β-unsaturated/α-hetero) is 1. The fraction of sp³-hybridized carbons (Fsp3) is 0.278. The average Bonchev–Trinajstić information content (AvgIpc) is 2.56. The standard InChI is InChI=1S/C17H17Cl2NO2.CH4O/c1-10(21)11(2)22-14-6-4-12(5-7-14)15-8-13(18)9-16(19)17(15)20-3;1-2/h4-9,11,20H,1-3H3;2H,1H3. The fourth-order valence-corrected chi connectivity index (χ4v) is 2.64. The van der Waals surface area contributed by atoms with Crippen molar-refractivity contribution < 1.29 is 14.6 Å². The van der Waals surface area contributed by atoms with Crippen molar-refractivity contribution in [3.05, 3.63) is 46.4 Å². The van der Waals surface area contributed by atoms with E-state index < -0.39 is 6.10 Å². The van der Waals surface area contributed by atoms with Gasteiger partial charge in [-0.1, -0.05) is 35.3 Å². The van der Waals surface area contributed by atoms with Crippen molar-refractivity contribution in [2.75, 3.05) is 19.5 Å². The van der Waals surface area contributed by atoms with Gasteiger partial charge in [-0.25, -0.2) is 0 Å². The maximum atomic E-state index is 11.2. The number of ketones is 1. The van der Waals surface area contributed by atoms with E-state index in [2.05, 4.69) is 5.32 Å². The zero-order valence-electron chi connectivity index (χ0n) is 14.1. The molecule has 0 heterocycles. The van der Waals surface area contributed by atoms with Crippen LogP contribution in [0.25, 0.3) is 11.1 Å². The highest BCUT2D eigenvalue weighted by atomic mass is 35.5. The van der Waals surface area contributed by atoms with Crippen LogP contribution in [0.2, 0.25) is 10.0 Å². The summed E-state index contributed by atoms with van der Waals surface area (Å²) in [6, 6.07) is 11.0. The number of carbonyl (C=O) groups is 1. The van der Waals surface area contributed by atoms with Crippen molar-refractivity contribution in [2.24, 2.45) is 0 Å². The first kappa shape index (κ1) is 20.3. The molecule has 1 atom stereocenters. The van der Waals surface area contributed by atoms with Gasteiger partial charge in [0.1, 0.15) is 5.75 Å². The normalized spacial score (nSPS) is 11.1. The number of carbonyl (C=O) groups excluding carboxylic acids is 1. The molecule has 0 saturated carbocycles. The molecule has 0 aliphatic heterocycles. The first-order valence-corrected chi connectivity index (χ1v) is 8.07. The molecule has 6 heteroatoms. The molecule has 1 unspecified atom stereocenters. The number of nitrogens with one attached hydrogen (secondary N) is 1. The number of ether oxygens (including phenoxy) is 1. The van der Waals surface area contributed by atoms with Crippen LogP contribution >= 0.6 is 23.2 Å². The second-order valence-electron chi connectivity index (χ2n) is 4.96. The van der Waals surface area contributed by atoms with E-state index in [9.17, 15) is 4.79 Å². The molecule has 4 nitrogen and oxygen atoms in total. The summed E-state index contributed by atoms with van der Waals surface area (Å²) >= 11 is 12.3. The number of rotatable bonds is 5. The Balaban J connectivity index is 0.00000139. The number of aliphatic hydroxyl groups excluding tert-OH is 1. The van der Waals surface area contributed by atoms with Gasteiger partial charge in [0, 0.05) is 24.7 Å².